The second kappa shape index (κ2) is 20.6. The Labute approximate surface area is 245 Å². The van der Waals surface area contributed by atoms with Crippen molar-refractivity contribution in [1.29, 1.82) is 0 Å². The molecule has 4 N–H and O–H groups in total. The molecule has 0 radical (unpaired) electrons. The Bertz CT molecular complexity index is 264. The molecular weight excluding hydrogens is 356 g/mol. The molecule has 0 bridgehead atoms. The molecule has 0 rings (SSSR count). The van der Waals surface area contributed by atoms with E-state index in [0.29, 0.717) is 0 Å². The minimum Gasteiger partial charge on any atom is -1.00 e. The van der Waals surface area contributed by atoms with Crippen molar-refractivity contribution in [3.63, 3.8) is 0 Å². The maximum Gasteiger partial charge on any atom is 1.00 e. The third kappa shape index (κ3) is 37.6. The zero-order valence-electron chi connectivity index (χ0n) is 17.2. The van der Waals surface area contributed by atoms with Crippen LogP contribution in [0.3, 0.4) is 0 Å². The predicted molar refractivity (Wildman–Crippen MR) is 38.3 cm³/mol. The summed E-state index contributed by atoms with van der Waals surface area (Å²) in [5.41, 5.74) is 0. The molecule has 0 saturated heterocycles. The van der Waals surface area contributed by atoms with Crippen molar-refractivity contribution < 1.29 is 228 Å². The Kier molecular flexibility index (Phi) is 50.1. The largest absolute Gasteiger partial charge is 1.00 e. The molecule has 0 aromatic rings. The molecule has 17 heteroatoms. The molecule has 0 aliphatic carbocycles. The van der Waals surface area contributed by atoms with Crippen LogP contribution in [0.25, 0.3) is 0 Å². The van der Waals surface area contributed by atoms with Gasteiger partial charge in [0.15, 0.2) is 0 Å². The summed E-state index contributed by atoms with van der Waals surface area (Å²) >= 11 is 0. The summed E-state index contributed by atoms with van der Waals surface area (Å²) in [4.78, 5) is 41.7. The van der Waals surface area contributed by atoms with Gasteiger partial charge in [0.1, 0.15) is 0 Å². The first kappa shape index (κ1) is 43.7. The molecular formula is CH10Na6O9P2. The number of hydrogen-bond donors (Lipinski definition) is 4. The number of rotatable bonds is 2. The van der Waals surface area contributed by atoms with Crippen molar-refractivity contribution in [3.8, 4) is 0 Å². The summed E-state index contributed by atoms with van der Waals surface area (Å²) in [7, 11) is -10.3. The Morgan fingerprint density at radius 1 is 0.722 bits per heavy atom. The molecule has 9 nitrogen and oxygen atoms in total. The van der Waals surface area contributed by atoms with Crippen LogP contribution in [0, 0.1) is 0 Å². The Balaban J connectivity index is -0.00000000917. The molecule has 84 valence electrons. The quantitative estimate of drug-likeness (QED) is 0.276. The van der Waals surface area contributed by atoms with Gasteiger partial charge in [-0.25, -0.2) is 13.9 Å². The molecule has 0 fully saturated rings. The van der Waals surface area contributed by atoms with Crippen LogP contribution in [0.4, 0.5) is 4.79 Å². The number of phosphoric ester groups is 2. The van der Waals surface area contributed by atoms with Crippen molar-refractivity contribution >= 4 is 21.8 Å². The zero-order valence-corrected chi connectivity index (χ0v) is 25.0. The van der Waals surface area contributed by atoms with E-state index in [1.807, 2.05) is 0 Å². The molecule has 18 heavy (non-hydrogen) atoms. The smallest absolute Gasteiger partial charge is 1.00 e. The van der Waals surface area contributed by atoms with Gasteiger partial charge in [0.25, 0.3) is 0 Å². The van der Waals surface area contributed by atoms with E-state index >= 15 is 0 Å². The third-order valence-electron chi connectivity index (χ3n) is 0.387. The van der Waals surface area contributed by atoms with Gasteiger partial charge in [-0.15, -0.1) is 0 Å². The summed E-state index contributed by atoms with van der Waals surface area (Å²) in [5, 5.41) is 0. The van der Waals surface area contributed by atoms with Crippen molar-refractivity contribution in [1.82, 2.24) is 0 Å². The van der Waals surface area contributed by atoms with Gasteiger partial charge in [0.05, 0.1) is 0 Å². The average molecular weight is 366 g/mol. The molecule has 0 aromatic heterocycles. The average Bonchev–Trinajstić information content (AvgIpc) is 1.49. The van der Waals surface area contributed by atoms with E-state index in [9.17, 15) is 13.9 Å². The van der Waals surface area contributed by atoms with Crippen LogP contribution in [-0.4, -0.2) is 25.7 Å². The SMILES string of the molecule is O=C(OP(=O)(O)O)OP(=O)(O)O.[H-].[H-].[H-].[H-].[H-].[H-].[Na+].[Na+].[Na+].[Na+].[Na+].[Na+]. The fourth-order valence-corrected chi connectivity index (χ4v) is 0.733. The van der Waals surface area contributed by atoms with E-state index in [1.54, 1.807) is 0 Å². The van der Waals surface area contributed by atoms with E-state index in [-0.39, 0.29) is 186 Å². The van der Waals surface area contributed by atoms with Gasteiger partial charge in [-0.1, -0.05) is 0 Å². The van der Waals surface area contributed by atoms with Crippen LogP contribution in [0.2, 0.25) is 0 Å². The first-order valence-corrected chi connectivity index (χ1v) is 5.20. The van der Waals surface area contributed by atoms with Crippen molar-refractivity contribution in [2.45, 2.75) is 0 Å². The summed E-state index contributed by atoms with van der Waals surface area (Å²) in [6, 6.07) is 0. The van der Waals surface area contributed by atoms with E-state index in [2.05, 4.69) is 9.05 Å². The summed E-state index contributed by atoms with van der Waals surface area (Å²) in [6.45, 7) is 0. The van der Waals surface area contributed by atoms with Gasteiger partial charge in [-0.05, 0) is 0 Å². The maximum atomic E-state index is 10.0. The zero-order chi connectivity index (χ0) is 9.99. The summed E-state index contributed by atoms with van der Waals surface area (Å²) in [6.07, 6.45) is -2.14. The van der Waals surface area contributed by atoms with Crippen LogP contribution >= 0.6 is 15.6 Å². The number of carbonyl (C=O) groups is 1. The van der Waals surface area contributed by atoms with Crippen molar-refractivity contribution in [2.24, 2.45) is 0 Å². The molecule has 0 heterocycles. The molecule has 0 aromatic carbocycles. The van der Waals surface area contributed by atoms with Crippen LogP contribution in [0.5, 0.6) is 0 Å². The van der Waals surface area contributed by atoms with Gasteiger partial charge in [-0.3, -0.25) is 19.6 Å². The molecule has 0 spiro atoms. The Morgan fingerprint density at radius 2 is 0.889 bits per heavy atom. The van der Waals surface area contributed by atoms with Gasteiger partial charge >= 0.3 is 199 Å². The van der Waals surface area contributed by atoms with Crippen molar-refractivity contribution in [3.05, 3.63) is 0 Å². The van der Waals surface area contributed by atoms with Crippen LogP contribution in [-0.2, 0) is 18.2 Å². The molecule has 0 saturated carbocycles. The van der Waals surface area contributed by atoms with Crippen LogP contribution in [0.15, 0.2) is 0 Å². The second-order valence-electron chi connectivity index (χ2n) is 1.41. The fourth-order valence-electron chi connectivity index (χ4n) is 0.211. The molecule has 0 aliphatic heterocycles. The monoisotopic (exact) mass is 366 g/mol. The van der Waals surface area contributed by atoms with E-state index < -0.39 is 21.8 Å². The summed E-state index contributed by atoms with van der Waals surface area (Å²) < 4.78 is 25.9. The van der Waals surface area contributed by atoms with Gasteiger partial charge < -0.3 is 17.6 Å². The first-order valence-electron chi connectivity index (χ1n) is 2.14. The molecule has 0 aliphatic rings. The van der Waals surface area contributed by atoms with Crippen molar-refractivity contribution in [2.75, 3.05) is 0 Å². The predicted octanol–water partition coefficient (Wildman–Crippen LogP) is -18.0. The number of phosphoric acid groups is 2. The maximum absolute atomic E-state index is 10.0. The minimum atomic E-state index is -5.13. The van der Waals surface area contributed by atoms with Gasteiger partial charge in [0, 0.05) is 0 Å². The molecule has 0 amide bonds. The normalized spacial score (nSPS) is 8.22. The molecule has 0 atom stereocenters. The number of hydrogen-bond acceptors (Lipinski definition) is 5. The Morgan fingerprint density at radius 3 is 1.00 bits per heavy atom. The van der Waals surface area contributed by atoms with Crippen LogP contribution in [0.1, 0.15) is 8.56 Å². The first-order chi connectivity index (χ1) is 5.10. The van der Waals surface area contributed by atoms with E-state index in [4.69, 9.17) is 19.6 Å². The van der Waals surface area contributed by atoms with Crippen LogP contribution < -0.4 is 177 Å². The summed E-state index contributed by atoms with van der Waals surface area (Å²) in [5.74, 6) is 0. The second-order valence-corrected chi connectivity index (χ2v) is 3.74. The van der Waals surface area contributed by atoms with Gasteiger partial charge in [-0.2, -0.15) is 0 Å². The Hall–Kier alpha value is 5.57. The minimum absolute atomic E-state index is 0. The third-order valence-corrected chi connectivity index (χ3v) is 1.16. The fraction of sp³-hybridized carbons (Fsp3) is 0. The number of carbonyl (C=O) groups excluding carboxylic acids is 1. The topological polar surface area (TPSA) is 151 Å². The molecule has 0 unspecified atom stereocenters. The van der Waals surface area contributed by atoms with E-state index in [1.165, 1.54) is 0 Å². The standard InChI is InChI=1S/CH4O9P2.6Na.6H/c2-1(9-11(3,4)5)10-12(6,7)8;;;;;;;;;;;;/h(H2,3,4,5)(H2,6,7,8);;;;;;;;;;;;/q;6*+1;6*-1. The van der Waals surface area contributed by atoms with E-state index in [0.717, 1.165) is 0 Å². The van der Waals surface area contributed by atoms with Gasteiger partial charge in [0.2, 0.25) is 0 Å².